The molecule has 0 atom stereocenters. The fourth-order valence-corrected chi connectivity index (χ4v) is 10.2. The molecule has 6 aromatic carbocycles. The lowest BCUT2D eigenvalue weighted by molar-refractivity contribution is 0.790. The van der Waals surface area contributed by atoms with Gasteiger partial charge in [-0.25, -0.2) is 9.97 Å². The Morgan fingerprint density at radius 1 is 0.673 bits per heavy atom. The van der Waals surface area contributed by atoms with Crippen molar-refractivity contribution in [1.29, 1.82) is 0 Å². The second-order valence-electron chi connectivity index (χ2n) is 14.8. The molecule has 4 heterocycles. The van der Waals surface area contributed by atoms with Crippen molar-refractivity contribution < 1.29 is 0 Å². The summed E-state index contributed by atoms with van der Waals surface area (Å²) in [5, 5.41) is 8.90. The van der Waals surface area contributed by atoms with Gasteiger partial charge in [0, 0.05) is 74.0 Å². The van der Waals surface area contributed by atoms with Crippen molar-refractivity contribution in [3.63, 3.8) is 0 Å². The minimum atomic E-state index is -0.255. The van der Waals surface area contributed by atoms with Crippen molar-refractivity contribution >= 4 is 146 Å². The van der Waals surface area contributed by atoms with Gasteiger partial charge in [0.2, 0.25) is 0 Å². The number of pyridine rings is 2. The average Bonchev–Trinajstić information content (AvgIpc) is 3.74. The van der Waals surface area contributed by atoms with Gasteiger partial charge in [0.15, 0.2) is 0 Å². The maximum atomic E-state index is 14.7. The van der Waals surface area contributed by atoms with E-state index in [9.17, 15) is 9.59 Å². The van der Waals surface area contributed by atoms with Crippen LogP contribution in [0.5, 0.6) is 0 Å². The Balaban J connectivity index is 1.39. The van der Waals surface area contributed by atoms with E-state index in [0.29, 0.717) is 107 Å². The van der Waals surface area contributed by atoms with Crippen molar-refractivity contribution in [3.8, 4) is 0 Å². The highest BCUT2D eigenvalue weighted by Gasteiger charge is 2.29. The number of fused-ring (bicyclic) bond motifs is 8. The van der Waals surface area contributed by atoms with Crippen LogP contribution < -0.4 is 11.1 Å². The Hall–Kier alpha value is -4.72. The molecule has 4 aromatic heterocycles. The standard InChI is InChI=1S/C45H32Cl4N4O2/c1-5-8-10-20(4)14-32-30(7-3)50-42-22-16-26(46)36-39-29(49)19-25-35-23(43-51-31-13-12-21(11-9-6-2)15-33(31)53(43)45(25)55)17-27(47)37(41(35)39)38-28(48)18-24(34(22)40(36)38)44(54)52(32)42/h7,12-19H,3,5-6,8-11H2,1-2,4H3/b20-14+. The molecular formula is C45H32Cl4N4O2. The summed E-state index contributed by atoms with van der Waals surface area (Å²) in [4.78, 5) is 39.2. The Morgan fingerprint density at radius 2 is 1.20 bits per heavy atom. The third-order valence-electron chi connectivity index (χ3n) is 11.4. The Kier molecular flexibility index (Phi) is 7.83. The van der Waals surface area contributed by atoms with Gasteiger partial charge in [-0.2, -0.15) is 0 Å². The van der Waals surface area contributed by atoms with Gasteiger partial charge in [0.1, 0.15) is 11.3 Å². The molecule has 0 saturated heterocycles. The second-order valence-corrected chi connectivity index (χ2v) is 16.4. The van der Waals surface area contributed by atoms with Crippen LogP contribution in [0.3, 0.4) is 0 Å². The fraction of sp³-hybridized carbons (Fsp3) is 0.200. The lowest BCUT2D eigenvalue weighted by atomic mass is 9.86. The monoisotopic (exact) mass is 800 g/mol. The number of benzene rings is 6. The molecule has 0 unspecified atom stereocenters. The van der Waals surface area contributed by atoms with Crippen LogP contribution in [0.4, 0.5) is 0 Å². The molecule has 0 bridgehead atoms. The SMILES string of the molecule is C=Cc1nc2c3cc(Cl)c4c5c(Cl)cc6c(=O)n7c8cc(CCCC)ccc8nc7c7cc(Cl)c(c8c(Cl)cc(c(=O)n2c1/C=C(\C)CCCC)c3c48)c5c67. The van der Waals surface area contributed by atoms with Gasteiger partial charge in [0.05, 0.1) is 33.2 Å². The van der Waals surface area contributed by atoms with Crippen molar-refractivity contribution in [2.24, 2.45) is 0 Å². The molecule has 272 valence electrons. The minimum Gasteiger partial charge on any atom is -0.268 e. The lowest BCUT2D eigenvalue weighted by Gasteiger charge is -2.21. The summed E-state index contributed by atoms with van der Waals surface area (Å²) in [6.07, 6.45) is 9.72. The van der Waals surface area contributed by atoms with Gasteiger partial charge >= 0.3 is 0 Å². The van der Waals surface area contributed by atoms with E-state index in [1.165, 1.54) is 0 Å². The van der Waals surface area contributed by atoms with E-state index in [1.807, 2.05) is 24.3 Å². The minimum absolute atomic E-state index is 0.224. The number of hydrogen-bond acceptors (Lipinski definition) is 4. The number of unbranched alkanes of at least 4 members (excludes halogenated alkanes) is 2. The first-order valence-corrected chi connectivity index (χ1v) is 20.1. The molecule has 55 heavy (non-hydrogen) atoms. The number of halogens is 4. The van der Waals surface area contributed by atoms with E-state index < -0.39 is 0 Å². The van der Waals surface area contributed by atoms with Crippen molar-refractivity contribution in [1.82, 2.24) is 18.8 Å². The summed E-state index contributed by atoms with van der Waals surface area (Å²) in [6, 6.07) is 13.3. The van der Waals surface area contributed by atoms with Gasteiger partial charge < -0.3 is 0 Å². The predicted octanol–water partition coefficient (Wildman–Crippen LogP) is 13.3. The third kappa shape index (κ3) is 4.63. The van der Waals surface area contributed by atoms with Gasteiger partial charge in [-0.15, -0.1) is 0 Å². The molecule has 6 nitrogen and oxygen atoms in total. The largest absolute Gasteiger partial charge is 0.268 e. The van der Waals surface area contributed by atoms with E-state index in [2.05, 4.69) is 39.5 Å². The van der Waals surface area contributed by atoms with E-state index >= 15 is 0 Å². The Bertz CT molecular complexity index is 3450. The lowest BCUT2D eigenvalue weighted by Crippen LogP contribution is -2.15. The molecule has 0 aliphatic rings. The fourth-order valence-electron chi connectivity index (χ4n) is 8.98. The van der Waals surface area contributed by atoms with Gasteiger partial charge in [-0.05, 0) is 86.7 Å². The molecule has 0 radical (unpaired) electrons. The number of imidazole rings is 2. The highest BCUT2D eigenvalue weighted by molar-refractivity contribution is 6.56. The molecule has 0 spiro atoms. The van der Waals surface area contributed by atoms with Crippen LogP contribution in [-0.4, -0.2) is 18.8 Å². The molecule has 10 heteroatoms. The topological polar surface area (TPSA) is 68.7 Å². The van der Waals surface area contributed by atoms with Crippen molar-refractivity contribution in [2.45, 2.75) is 59.3 Å². The molecular weight excluding hydrogens is 770 g/mol. The van der Waals surface area contributed by atoms with Crippen LogP contribution in [0.1, 0.15) is 69.8 Å². The van der Waals surface area contributed by atoms with E-state index in [1.54, 1.807) is 27.0 Å². The quantitative estimate of drug-likeness (QED) is 0.113. The summed E-state index contributed by atoms with van der Waals surface area (Å²) in [7, 11) is 0. The molecule has 0 aliphatic carbocycles. The van der Waals surface area contributed by atoms with Crippen molar-refractivity contribution in [3.05, 3.63) is 112 Å². The maximum Gasteiger partial charge on any atom is 0.264 e. The predicted molar refractivity (Wildman–Crippen MR) is 235 cm³/mol. The number of aryl methyl sites for hydroxylation is 1. The number of allylic oxidation sites excluding steroid dienone is 1. The molecule has 0 aliphatic heterocycles. The first-order chi connectivity index (χ1) is 26.6. The van der Waals surface area contributed by atoms with Crippen molar-refractivity contribution in [2.75, 3.05) is 0 Å². The number of nitrogens with zero attached hydrogens (tertiary/aromatic N) is 4. The third-order valence-corrected chi connectivity index (χ3v) is 12.6. The normalized spacial score (nSPS) is 13.0. The van der Waals surface area contributed by atoms with E-state index in [4.69, 9.17) is 56.4 Å². The highest BCUT2D eigenvalue weighted by Crippen LogP contribution is 2.53. The van der Waals surface area contributed by atoms with Crippen LogP contribution in [0.25, 0.3) is 99.1 Å². The Labute approximate surface area is 334 Å². The first-order valence-electron chi connectivity index (χ1n) is 18.6. The zero-order valence-electron chi connectivity index (χ0n) is 30.3. The first kappa shape index (κ1) is 34.7. The molecule has 10 aromatic rings. The number of aromatic nitrogens is 4. The summed E-state index contributed by atoms with van der Waals surface area (Å²) in [6.45, 7) is 10.4. The van der Waals surface area contributed by atoms with Crippen LogP contribution in [0.15, 0.2) is 64.2 Å². The summed E-state index contributed by atoms with van der Waals surface area (Å²) in [5.41, 5.74) is 5.52. The smallest absolute Gasteiger partial charge is 0.264 e. The maximum absolute atomic E-state index is 14.7. The number of hydrogen-bond donors (Lipinski definition) is 0. The van der Waals surface area contributed by atoms with E-state index in [0.717, 1.165) is 60.7 Å². The van der Waals surface area contributed by atoms with Gasteiger partial charge in [0.25, 0.3) is 11.1 Å². The molecule has 0 amide bonds. The molecule has 0 fully saturated rings. The van der Waals surface area contributed by atoms with Gasteiger partial charge in [-0.1, -0.05) is 91.3 Å². The summed E-state index contributed by atoms with van der Waals surface area (Å²) >= 11 is 29.4. The number of rotatable bonds is 8. The van der Waals surface area contributed by atoms with Gasteiger partial charge in [-0.3, -0.25) is 18.4 Å². The summed E-state index contributed by atoms with van der Waals surface area (Å²) in [5.74, 6) is 0. The van der Waals surface area contributed by atoms with Crippen LogP contribution in [-0.2, 0) is 6.42 Å². The zero-order chi connectivity index (χ0) is 38.2. The molecule has 10 rings (SSSR count). The van der Waals surface area contributed by atoms with Crippen LogP contribution >= 0.6 is 46.4 Å². The molecule has 0 saturated carbocycles. The van der Waals surface area contributed by atoms with E-state index in [-0.39, 0.29) is 11.1 Å². The average molecular weight is 803 g/mol. The van der Waals surface area contributed by atoms with Crippen LogP contribution in [0, 0.1) is 0 Å². The summed E-state index contributed by atoms with van der Waals surface area (Å²) < 4.78 is 3.32. The highest BCUT2D eigenvalue weighted by atomic mass is 35.5. The molecule has 0 N–H and O–H groups in total. The Morgan fingerprint density at radius 3 is 1.75 bits per heavy atom. The van der Waals surface area contributed by atoms with Crippen LogP contribution in [0.2, 0.25) is 20.1 Å². The zero-order valence-corrected chi connectivity index (χ0v) is 33.3. The second kappa shape index (κ2) is 12.4.